The molecule has 0 aliphatic heterocycles. The highest BCUT2D eigenvalue weighted by Gasteiger charge is 2.15. The molecule has 0 bridgehead atoms. The summed E-state index contributed by atoms with van der Waals surface area (Å²) in [4.78, 5) is 18.7. The number of pyridine rings is 1. The fraction of sp³-hybridized carbons (Fsp3) is 0.0526. The van der Waals surface area contributed by atoms with E-state index in [1.807, 2.05) is 42.3 Å². The predicted molar refractivity (Wildman–Crippen MR) is 98.1 cm³/mol. The van der Waals surface area contributed by atoms with Gasteiger partial charge in [0.25, 0.3) is 5.91 Å². The lowest BCUT2D eigenvalue weighted by Crippen LogP contribution is -2.18. The van der Waals surface area contributed by atoms with Crippen LogP contribution in [0.5, 0.6) is 0 Å². The summed E-state index contributed by atoms with van der Waals surface area (Å²) in [5, 5.41) is 3.53. The molecule has 24 heavy (non-hydrogen) atoms. The van der Waals surface area contributed by atoms with Crippen LogP contribution in [-0.4, -0.2) is 17.9 Å². The number of hydrogen-bond acceptors (Lipinski definition) is 3. The van der Waals surface area contributed by atoms with Crippen molar-refractivity contribution in [1.29, 1.82) is 0 Å². The second-order valence-corrected chi connectivity index (χ2v) is 5.68. The SMILES string of the molecule is CN(c1ccncc1)c1ccccc1C(=O)Nc1ccc(Cl)cc1. The van der Waals surface area contributed by atoms with E-state index in [0.29, 0.717) is 16.3 Å². The molecule has 4 nitrogen and oxygen atoms in total. The quantitative estimate of drug-likeness (QED) is 0.746. The van der Waals surface area contributed by atoms with Gasteiger partial charge in [-0.25, -0.2) is 0 Å². The van der Waals surface area contributed by atoms with E-state index < -0.39 is 0 Å². The summed E-state index contributed by atoms with van der Waals surface area (Å²) in [5.41, 5.74) is 3.06. The molecule has 0 atom stereocenters. The smallest absolute Gasteiger partial charge is 0.257 e. The number of amides is 1. The summed E-state index contributed by atoms with van der Waals surface area (Å²) in [5.74, 6) is -0.172. The third-order valence-corrected chi connectivity index (χ3v) is 3.91. The molecular formula is C19H16ClN3O. The van der Waals surface area contributed by atoms with Gasteiger partial charge < -0.3 is 10.2 Å². The molecule has 3 rings (SSSR count). The van der Waals surface area contributed by atoms with E-state index in [0.717, 1.165) is 11.4 Å². The molecule has 1 amide bonds. The van der Waals surface area contributed by atoms with Crippen molar-refractivity contribution in [3.05, 3.63) is 83.6 Å². The minimum absolute atomic E-state index is 0.172. The molecule has 1 N–H and O–H groups in total. The molecule has 5 heteroatoms. The molecular weight excluding hydrogens is 322 g/mol. The fourth-order valence-electron chi connectivity index (χ4n) is 2.40. The summed E-state index contributed by atoms with van der Waals surface area (Å²) in [6.45, 7) is 0. The topological polar surface area (TPSA) is 45.2 Å². The first-order valence-electron chi connectivity index (χ1n) is 7.45. The summed E-state index contributed by atoms with van der Waals surface area (Å²) in [7, 11) is 1.92. The van der Waals surface area contributed by atoms with E-state index in [9.17, 15) is 4.79 Å². The van der Waals surface area contributed by atoms with Gasteiger partial charge in [-0.15, -0.1) is 0 Å². The largest absolute Gasteiger partial charge is 0.344 e. The lowest BCUT2D eigenvalue weighted by molar-refractivity contribution is 0.102. The maximum atomic E-state index is 12.7. The Morgan fingerprint density at radius 1 is 1.00 bits per heavy atom. The molecule has 0 saturated carbocycles. The van der Waals surface area contributed by atoms with Crippen molar-refractivity contribution in [3.63, 3.8) is 0 Å². The molecule has 0 radical (unpaired) electrons. The number of nitrogens with zero attached hydrogens (tertiary/aromatic N) is 2. The summed E-state index contributed by atoms with van der Waals surface area (Å²) < 4.78 is 0. The molecule has 0 aliphatic rings. The van der Waals surface area contributed by atoms with Crippen molar-refractivity contribution in [2.75, 3.05) is 17.3 Å². The van der Waals surface area contributed by atoms with Crippen LogP contribution >= 0.6 is 11.6 Å². The number of anilines is 3. The highest BCUT2D eigenvalue weighted by molar-refractivity contribution is 6.30. The van der Waals surface area contributed by atoms with Crippen LogP contribution in [0.1, 0.15) is 10.4 Å². The van der Waals surface area contributed by atoms with E-state index in [4.69, 9.17) is 11.6 Å². The zero-order valence-corrected chi connectivity index (χ0v) is 13.9. The van der Waals surface area contributed by atoms with Crippen LogP contribution in [0.2, 0.25) is 5.02 Å². The lowest BCUT2D eigenvalue weighted by Gasteiger charge is -2.22. The number of halogens is 1. The first kappa shape index (κ1) is 16.0. The monoisotopic (exact) mass is 337 g/mol. The van der Waals surface area contributed by atoms with Gasteiger partial charge in [-0.2, -0.15) is 0 Å². The van der Waals surface area contributed by atoms with Gasteiger partial charge in [-0.1, -0.05) is 23.7 Å². The second-order valence-electron chi connectivity index (χ2n) is 5.24. The van der Waals surface area contributed by atoms with Crippen molar-refractivity contribution in [1.82, 2.24) is 4.98 Å². The molecule has 0 saturated heterocycles. The third kappa shape index (κ3) is 3.55. The molecule has 3 aromatic rings. The van der Waals surface area contributed by atoms with Crippen LogP contribution in [0.4, 0.5) is 17.1 Å². The van der Waals surface area contributed by atoms with Crippen molar-refractivity contribution in [2.45, 2.75) is 0 Å². The second kappa shape index (κ2) is 7.15. The van der Waals surface area contributed by atoms with Gasteiger partial charge in [0.15, 0.2) is 0 Å². The van der Waals surface area contributed by atoms with Crippen molar-refractivity contribution >= 4 is 34.6 Å². The van der Waals surface area contributed by atoms with E-state index in [1.54, 1.807) is 42.7 Å². The predicted octanol–water partition coefficient (Wildman–Crippen LogP) is 4.76. The van der Waals surface area contributed by atoms with Gasteiger partial charge in [-0.05, 0) is 48.5 Å². The lowest BCUT2D eigenvalue weighted by atomic mass is 10.1. The normalized spacial score (nSPS) is 10.2. The van der Waals surface area contributed by atoms with Gasteiger partial charge in [-0.3, -0.25) is 9.78 Å². The Balaban J connectivity index is 1.88. The average Bonchev–Trinajstić information content (AvgIpc) is 2.63. The Morgan fingerprint density at radius 2 is 1.67 bits per heavy atom. The highest BCUT2D eigenvalue weighted by atomic mass is 35.5. The van der Waals surface area contributed by atoms with Crippen molar-refractivity contribution < 1.29 is 4.79 Å². The molecule has 1 aromatic heterocycles. The maximum absolute atomic E-state index is 12.7. The Labute approximate surface area is 145 Å². The van der Waals surface area contributed by atoms with Gasteiger partial charge in [0.1, 0.15) is 0 Å². The zero-order chi connectivity index (χ0) is 16.9. The van der Waals surface area contributed by atoms with Gasteiger partial charge in [0, 0.05) is 35.8 Å². The average molecular weight is 338 g/mol. The Bertz CT molecular complexity index is 835. The fourth-order valence-corrected chi connectivity index (χ4v) is 2.52. The molecule has 0 aliphatic carbocycles. The standard InChI is InChI=1S/C19H16ClN3O/c1-23(16-10-12-21-13-11-16)18-5-3-2-4-17(18)19(24)22-15-8-6-14(20)7-9-15/h2-13H,1H3,(H,22,24). The minimum atomic E-state index is -0.172. The maximum Gasteiger partial charge on any atom is 0.257 e. The summed E-state index contributed by atoms with van der Waals surface area (Å²) >= 11 is 5.88. The van der Waals surface area contributed by atoms with Crippen molar-refractivity contribution in [3.8, 4) is 0 Å². The van der Waals surface area contributed by atoms with Crippen LogP contribution in [0.3, 0.4) is 0 Å². The van der Waals surface area contributed by atoms with Crippen molar-refractivity contribution in [2.24, 2.45) is 0 Å². The van der Waals surface area contributed by atoms with Gasteiger partial charge >= 0.3 is 0 Å². The van der Waals surface area contributed by atoms with Crippen LogP contribution in [-0.2, 0) is 0 Å². The molecule has 120 valence electrons. The highest BCUT2D eigenvalue weighted by Crippen LogP contribution is 2.27. The van der Waals surface area contributed by atoms with Crippen LogP contribution in [0.15, 0.2) is 73.1 Å². The molecule has 2 aromatic carbocycles. The molecule has 0 spiro atoms. The van der Waals surface area contributed by atoms with Crippen LogP contribution < -0.4 is 10.2 Å². The number of hydrogen-bond donors (Lipinski definition) is 1. The Kier molecular flexibility index (Phi) is 4.77. The third-order valence-electron chi connectivity index (χ3n) is 3.66. The van der Waals surface area contributed by atoms with E-state index in [-0.39, 0.29) is 5.91 Å². The first-order chi connectivity index (χ1) is 11.6. The number of rotatable bonds is 4. The van der Waals surface area contributed by atoms with Crippen LogP contribution in [0, 0.1) is 0 Å². The Hall–Kier alpha value is -2.85. The number of carbonyl (C=O) groups is 1. The molecule has 0 fully saturated rings. The van der Waals surface area contributed by atoms with Gasteiger partial charge in [0.2, 0.25) is 0 Å². The summed E-state index contributed by atoms with van der Waals surface area (Å²) in [6.07, 6.45) is 3.45. The molecule has 0 unspecified atom stereocenters. The van der Waals surface area contributed by atoms with E-state index in [1.165, 1.54) is 0 Å². The minimum Gasteiger partial charge on any atom is -0.344 e. The van der Waals surface area contributed by atoms with E-state index in [2.05, 4.69) is 10.3 Å². The Morgan fingerprint density at radius 3 is 2.38 bits per heavy atom. The zero-order valence-electron chi connectivity index (χ0n) is 13.1. The van der Waals surface area contributed by atoms with Crippen LogP contribution in [0.25, 0.3) is 0 Å². The number of nitrogens with one attached hydrogen (secondary N) is 1. The van der Waals surface area contributed by atoms with Gasteiger partial charge in [0.05, 0.1) is 11.3 Å². The number of carbonyl (C=O) groups excluding carboxylic acids is 1. The molecule has 1 heterocycles. The number of para-hydroxylation sites is 1. The number of aromatic nitrogens is 1. The number of benzene rings is 2. The first-order valence-corrected chi connectivity index (χ1v) is 7.82. The van der Waals surface area contributed by atoms with E-state index >= 15 is 0 Å². The summed E-state index contributed by atoms with van der Waals surface area (Å²) in [6, 6.07) is 18.3.